The summed E-state index contributed by atoms with van der Waals surface area (Å²) in [5.74, 6) is -0.457. The summed E-state index contributed by atoms with van der Waals surface area (Å²) in [6.07, 6.45) is 1.18. The fourth-order valence-corrected chi connectivity index (χ4v) is 1.02. The van der Waals surface area contributed by atoms with E-state index >= 15 is 0 Å². The number of thiocarbonyl (C=S) groups is 1. The molecule has 8 heteroatoms. The zero-order valence-electron chi connectivity index (χ0n) is 7.95. The van der Waals surface area contributed by atoms with E-state index in [2.05, 4.69) is 22.7 Å². The molecular formula is C8H8N4O3S. The van der Waals surface area contributed by atoms with Gasteiger partial charge in [-0.3, -0.25) is 15.5 Å². The Bertz CT molecular complexity index is 461. The van der Waals surface area contributed by atoms with Gasteiger partial charge in [0.05, 0.1) is 11.1 Å². The summed E-state index contributed by atoms with van der Waals surface area (Å²) >= 11 is 4.49. The standard InChI is InChI=1S/C8H8N4O3S/c9-8(16)11-10-4-5-2-1-3-6(7(5)13)12(14)15/h1-4,13H,(H3,9,11,16). The quantitative estimate of drug-likeness (QED) is 0.306. The van der Waals surface area contributed by atoms with E-state index in [0.29, 0.717) is 0 Å². The van der Waals surface area contributed by atoms with Crippen molar-refractivity contribution < 1.29 is 10.0 Å². The number of nitro groups is 1. The van der Waals surface area contributed by atoms with Crippen LogP contribution in [0.2, 0.25) is 0 Å². The number of nitrogens with one attached hydrogen (secondary N) is 1. The first-order valence-corrected chi connectivity index (χ1v) is 4.48. The summed E-state index contributed by atoms with van der Waals surface area (Å²) in [7, 11) is 0. The molecule has 0 heterocycles. The third-order valence-corrected chi connectivity index (χ3v) is 1.71. The average Bonchev–Trinajstić information content (AvgIpc) is 2.19. The highest BCUT2D eigenvalue weighted by atomic mass is 32.1. The second-order valence-electron chi connectivity index (χ2n) is 2.71. The average molecular weight is 240 g/mol. The molecule has 0 unspecified atom stereocenters. The van der Waals surface area contributed by atoms with Crippen LogP contribution < -0.4 is 11.2 Å². The second kappa shape index (κ2) is 5.03. The molecule has 1 aromatic carbocycles. The first kappa shape index (κ1) is 11.9. The van der Waals surface area contributed by atoms with Crippen LogP contribution in [0.5, 0.6) is 5.75 Å². The largest absolute Gasteiger partial charge is 0.502 e. The maximum Gasteiger partial charge on any atom is 0.311 e. The molecule has 1 rings (SSSR count). The maximum atomic E-state index is 10.5. The van der Waals surface area contributed by atoms with Crippen molar-refractivity contribution in [1.29, 1.82) is 0 Å². The monoisotopic (exact) mass is 240 g/mol. The number of nitrogens with two attached hydrogens (primary N) is 1. The van der Waals surface area contributed by atoms with Gasteiger partial charge in [-0.2, -0.15) is 5.10 Å². The molecule has 0 radical (unpaired) electrons. The lowest BCUT2D eigenvalue weighted by Crippen LogP contribution is -2.23. The minimum Gasteiger partial charge on any atom is -0.502 e. The molecule has 0 aliphatic heterocycles. The third-order valence-electron chi connectivity index (χ3n) is 1.62. The summed E-state index contributed by atoms with van der Waals surface area (Å²) in [5, 5.41) is 23.5. The molecule has 0 atom stereocenters. The number of phenolic OH excluding ortho intramolecular Hbond substituents is 1. The Balaban J connectivity index is 2.97. The van der Waals surface area contributed by atoms with Crippen molar-refractivity contribution in [2.45, 2.75) is 0 Å². The van der Waals surface area contributed by atoms with E-state index in [-0.39, 0.29) is 16.4 Å². The zero-order valence-corrected chi connectivity index (χ0v) is 8.77. The first-order valence-electron chi connectivity index (χ1n) is 4.07. The number of phenols is 1. The molecule has 0 fully saturated rings. The highest BCUT2D eigenvalue weighted by Crippen LogP contribution is 2.27. The van der Waals surface area contributed by atoms with Gasteiger partial charge in [-0.25, -0.2) is 0 Å². The predicted octanol–water partition coefficient (Wildman–Crippen LogP) is 0.468. The number of para-hydroxylation sites is 1. The number of benzene rings is 1. The van der Waals surface area contributed by atoms with E-state index in [1.165, 1.54) is 24.4 Å². The van der Waals surface area contributed by atoms with Crippen LogP contribution in [0.3, 0.4) is 0 Å². The van der Waals surface area contributed by atoms with Gasteiger partial charge in [0.25, 0.3) is 0 Å². The summed E-state index contributed by atoms with van der Waals surface area (Å²) in [6, 6.07) is 4.08. The van der Waals surface area contributed by atoms with Crippen LogP contribution >= 0.6 is 12.2 Å². The topological polar surface area (TPSA) is 114 Å². The van der Waals surface area contributed by atoms with Crippen molar-refractivity contribution in [2.75, 3.05) is 0 Å². The Morgan fingerprint density at radius 3 is 2.94 bits per heavy atom. The van der Waals surface area contributed by atoms with Crippen molar-refractivity contribution in [1.82, 2.24) is 5.43 Å². The number of nitrogens with zero attached hydrogens (tertiary/aromatic N) is 2. The van der Waals surface area contributed by atoms with E-state index in [0.717, 1.165) is 0 Å². The zero-order chi connectivity index (χ0) is 12.1. The number of hydrogen-bond donors (Lipinski definition) is 3. The summed E-state index contributed by atoms with van der Waals surface area (Å²) in [5.41, 5.74) is 7.18. The summed E-state index contributed by atoms with van der Waals surface area (Å²) < 4.78 is 0. The lowest BCUT2D eigenvalue weighted by Gasteiger charge is -1.99. The van der Waals surface area contributed by atoms with Crippen LogP contribution in [0.4, 0.5) is 5.69 Å². The molecule has 1 aromatic rings. The Labute approximate surface area is 95.7 Å². The van der Waals surface area contributed by atoms with E-state index in [1.54, 1.807) is 0 Å². The first-order chi connectivity index (χ1) is 7.52. The fourth-order valence-electron chi connectivity index (χ4n) is 0.966. The molecule has 0 aliphatic carbocycles. The van der Waals surface area contributed by atoms with E-state index in [1.807, 2.05) is 0 Å². The third kappa shape index (κ3) is 2.89. The lowest BCUT2D eigenvalue weighted by molar-refractivity contribution is -0.385. The smallest absolute Gasteiger partial charge is 0.311 e. The van der Waals surface area contributed by atoms with Crippen LogP contribution in [-0.4, -0.2) is 21.4 Å². The minimum absolute atomic E-state index is 0.0406. The molecule has 84 valence electrons. The molecule has 0 bridgehead atoms. The minimum atomic E-state index is -0.687. The molecule has 0 aliphatic rings. The Morgan fingerprint density at radius 2 is 2.38 bits per heavy atom. The molecule has 7 nitrogen and oxygen atoms in total. The van der Waals surface area contributed by atoms with Crippen LogP contribution in [0.25, 0.3) is 0 Å². The fraction of sp³-hybridized carbons (Fsp3) is 0. The van der Waals surface area contributed by atoms with Gasteiger partial charge in [-0.05, 0) is 18.3 Å². The van der Waals surface area contributed by atoms with E-state index < -0.39 is 10.7 Å². The van der Waals surface area contributed by atoms with Gasteiger partial charge in [-0.1, -0.05) is 6.07 Å². The van der Waals surface area contributed by atoms with Gasteiger partial charge in [0, 0.05) is 11.6 Å². The summed E-state index contributed by atoms with van der Waals surface area (Å²) in [6.45, 7) is 0. The molecule has 0 aromatic heterocycles. The number of rotatable bonds is 3. The molecule has 0 saturated heterocycles. The Hall–Kier alpha value is -2.22. The number of hydrogen-bond acceptors (Lipinski definition) is 5. The Kier molecular flexibility index (Phi) is 3.72. The normalized spacial score (nSPS) is 10.2. The van der Waals surface area contributed by atoms with E-state index in [9.17, 15) is 15.2 Å². The highest BCUT2D eigenvalue weighted by molar-refractivity contribution is 7.80. The summed E-state index contributed by atoms with van der Waals surface area (Å²) in [4.78, 5) is 9.81. The van der Waals surface area contributed by atoms with Crippen molar-refractivity contribution in [2.24, 2.45) is 10.8 Å². The Morgan fingerprint density at radius 1 is 1.69 bits per heavy atom. The van der Waals surface area contributed by atoms with Gasteiger partial charge < -0.3 is 10.8 Å². The van der Waals surface area contributed by atoms with Crippen LogP contribution in [0.15, 0.2) is 23.3 Å². The number of nitro benzene ring substituents is 1. The van der Waals surface area contributed by atoms with E-state index in [4.69, 9.17) is 5.73 Å². The molecular weight excluding hydrogens is 232 g/mol. The van der Waals surface area contributed by atoms with Gasteiger partial charge in [0.2, 0.25) is 5.75 Å². The number of aromatic hydroxyl groups is 1. The molecule has 0 saturated carbocycles. The van der Waals surface area contributed by atoms with Crippen LogP contribution in [-0.2, 0) is 0 Å². The van der Waals surface area contributed by atoms with Gasteiger partial charge in [0.1, 0.15) is 0 Å². The molecule has 16 heavy (non-hydrogen) atoms. The van der Waals surface area contributed by atoms with Crippen molar-refractivity contribution in [3.05, 3.63) is 33.9 Å². The van der Waals surface area contributed by atoms with Gasteiger partial charge in [-0.15, -0.1) is 0 Å². The highest BCUT2D eigenvalue weighted by Gasteiger charge is 2.14. The van der Waals surface area contributed by atoms with Gasteiger partial charge >= 0.3 is 5.69 Å². The predicted molar refractivity (Wildman–Crippen MR) is 62.3 cm³/mol. The van der Waals surface area contributed by atoms with Gasteiger partial charge in [0.15, 0.2) is 5.11 Å². The SMILES string of the molecule is NC(=S)NN=Cc1cccc([N+](=O)[O-])c1O. The van der Waals surface area contributed by atoms with Crippen LogP contribution in [0, 0.1) is 10.1 Å². The second-order valence-corrected chi connectivity index (χ2v) is 3.15. The number of hydrazone groups is 1. The van der Waals surface area contributed by atoms with Crippen LogP contribution in [0.1, 0.15) is 5.56 Å². The molecule has 0 amide bonds. The maximum absolute atomic E-state index is 10.5. The van der Waals surface area contributed by atoms with Crippen molar-refractivity contribution in [3.8, 4) is 5.75 Å². The molecule has 4 N–H and O–H groups in total. The van der Waals surface area contributed by atoms with Crippen molar-refractivity contribution in [3.63, 3.8) is 0 Å². The lowest BCUT2D eigenvalue weighted by atomic mass is 10.2. The molecule has 0 spiro atoms. The van der Waals surface area contributed by atoms with Crippen molar-refractivity contribution >= 4 is 29.2 Å².